The average Bonchev–Trinajstić information content (AvgIpc) is 2.71. The molecule has 0 saturated carbocycles. The lowest BCUT2D eigenvalue weighted by molar-refractivity contribution is 0.0511. The van der Waals surface area contributed by atoms with Crippen LogP contribution in [0.2, 0.25) is 0 Å². The zero-order chi connectivity index (χ0) is 14.3. The Morgan fingerprint density at radius 3 is 2.63 bits per heavy atom. The van der Waals surface area contributed by atoms with Crippen molar-refractivity contribution in [2.45, 2.75) is 46.8 Å². The molecule has 0 aliphatic carbocycles. The van der Waals surface area contributed by atoms with Gasteiger partial charge in [0, 0.05) is 13.2 Å². The van der Waals surface area contributed by atoms with Crippen molar-refractivity contribution in [1.29, 1.82) is 0 Å². The van der Waals surface area contributed by atoms with Crippen LogP contribution in [0, 0.1) is 0 Å². The van der Waals surface area contributed by atoms with Crippen molar-refractivity contribution >= 4 is 11.8 Å². The number of esters is 1. The fraction of sp³-hybridized carbons (Fsp3) is 0.692. The highest BCUT2D eigenvalue weighted by Gasteiger charge is 2.22. The zero-order valence-corrected chi connectivity index (χ0v) is 11.9. The number of carbonyl (C=O) groups is 1. The number of nitrogen functional groups attached to an aromatic ring is 1. The molecule has 0 saturated heterocycles. The second-order valence-corrected chi connectivity index (χ2v) is 4.15. The van der Waals surface area contributed by atoms with Crippen LogP contribution in [0.25, 0.3) is 0 Å². The molecule has 6 nitrogen and oxygen atoms in total. The van der Waals surface area contributed by atoms with Crippen molar-refractivity contribution in [3.63, 3.8) is 0 Å². The molecule has 0 radical (unpaired) electrons. The van der Waals surface area contributed by atoms with E-state index in [0.717, 1.165) is 12.8 Å². The Morgan fingerprint density at radius 2 is 2.05 bits per heavy atom. The minimum absolute atomic E-state index is 0.268. The van der Waals surface area contributed by atoms with E-state index in [-0.39, 0.29) is 12.3 Å². The zero-order valence-electron chi connectivity index (χ0n) is 11.9. The summed E-state index contributed by atoms with van der Waals surface area (Å²) in [5.74, 6) is 0.0455. The molecule has 1 aromatic rings. The first kappa shape index (κ1) is 15.5. The lowest BCUT2D eigenvalue weighted by atomic mass is 10.2. The molecule has 0 amide bonds. The monoisotopic (exact) mass is 269 g/mol. The summed E-state index contributed by atoms with van der Waals surface area (Å²) in [5.41, 5.74) is 6.92. The van der Waals surface area contributed by atoms with E-state index in [2.05, 4.69) is 12.0 Å². The molecular weight excluding hydrogens is 246 g/mol. The number of hydrogen-bond acceptors (Lipinski definition) is 5. The molecule has 0 fully saturated rings. The first-order chi connectivity index (χ1) is 9.15. The summed E-state index contributed by atoms with van der Waals surface area (Å²) < 4.78 is 12.0. The van der Waals surface area contributed by atoms with Gasteiger partial charge in [0.05, 0.1) is 18.8 Å². The van der Waals surface area contributed by atoms with Gasteiger partial charge in [0.25, 0.3) is 0 Å². The summed E-state index contributed by atoms with van der Waals surface area (Å²) in [6.07, 6.45) is 2.00. The Morgan fingerprint density at radius 1 is 1.32 bits per heavy atom. The summed E-state index contributed by atoms with van der Waals surface area (Å²) in [6.45, 7) is 7.59. The van der Waals surface area contributed by atoms with Gasteiger partial charge in [-0.1, -0.05) is 13.3 Å². The number of unbranched alkanes of at least 4 members (excludes halogenated alkanes) is 1. The minimum atomic E-state index is -0.445. The Kier molecular flexibility index (Phi) is 6.35. The van der Waals surface area contributed by atoms with Crippen LogP contribution in [0.5, 0.6) is 0 Å². The molecule has 0 aromatic carbocycles. The molecule has 19 heavy (non-hydrogen) atoms. The first-order valence-corrected chi connectivity index (χ1v) is 6.75. The Hall–Kier alpha value is -1.56. The minimum Gasteiger partial charge on any atom is -0.461 e. The highest BCUT2D eigenvalue weighted by molar-refractivity contribution is 5.90. The molecule has 1 rings (SSSR count). The number of anilines is 1. The standard InChI is InChI=1S/C13H23N3O3/c1-4-7-8-16-12(14)10(9-18-5-2)11(15-16)13(17)19-6-3/h4-9,14H2,1-3H3. The van der Waals surface area contributed by atoms with Crippen molar-refractivity contribution in [3.8, 4) is 0 Å². The number of nitrogens with zero attached hydrogens (tertiary/aromatic N) is 2. The summed E-state index contributed by atoms with van der Waals surface area (Å²) in [7, 11) is 0. The third kappa shape index (κ3) is 3.96. The third-order valence-electron chi connectivity index (χ3n) is 2.74. The van der Waals surface area contributed by atoms with Crippen LogP contribution in [0.4, 0.5) is 5.82 Å². The molecule has 1 heterocycles. The number of ether oxygens (including phenoxy) is 2. The van der Waals surface area contributed by atoms with E-state index in [1.54, 1.807) is 11.6 Å². The van der Waals surface area contributed by atoms with E-state index in [1.165, 1.54) is 0 Å². The van der Waals surface area contributed by atoms with E-state index in [4.69, 9.17) is 15.2 Å². The van der Waals surface area contributed by atoms with Crippen molar-refractivity contribution in [2.75, 3.05) is 18.9 Å². The molecule has 0 unspecified atom stereocenters. The third-order valence-corrected chi connectivity index (χ3v) is 2.74. The summed E-state index contributed by atoms with van der Waals surface area (Å²) >= 11 is 0. The SMILES string of the molecule is CCCCn1nc(C(=O)OCC)c(COCC)c1N. The van der Waals surface area contributed by atoms with Crippen molar-refractivity contribution < 1.29 is 14.3 Å². The van der Waals surface area contributed by atoms with Gasteiger partial charge in [0.1, 0.15) is 5.82 Å². The molecule has 1 aromatic heterocycles. The second-order valence-electron chi connectivity index (χ2n) is 4.15. The predicted molar refractivity (Wildman–Crippen MR) is 72.8 cm³/mol. The van der Waals surface area contributed by atoms with E-state index in [9.17, 15) is 4.79 Å². The molecule has 108 valence electrons. The van der Waals surface area contributed by atoms with Gasteiger partial charge in [0.15, 0.2) is 5.69 Å². The van der Waals surface area contributed by atoms with Gasteiger partial charge in [-0.2, -0.15) is 5.10 Å². The first-order valence-electron chi connectivity index (χ1n) is 6.75. The van der Waals surface area contributed by atoms with Crippen molar-refractivity contribution in [1.82, 2.24) is 9.78 Å². The second kappa shape index (κ2) is 7.78. The van der Waals surface area contributed by atoms with Crippen LogP contribution in [0.1, 0.15) is 49.7 Å². The Bertz CT molecular complexity index is 416. The van der Waals surface area contributed by atoms with Gasteiger partial charge in [-0.05, 0) is 20.3 Å². The lowest BCUT2D eigenvalue weighted by Gasteiger charge is -2.04. The van der Waals surface area contributed by atoms with Crippen molar-refractivity contribution in [3.05, 3.63) is 11.3 Å². The van der Waals surface area contributed by atoms with Gasteiger partial charge in [-0.25, -0.2) is 9.48 Å². The van der Waals surface area contributed by atoms with E-state index >= 15 is 0 Å². The normalized spacial score (nSPS) is 10.7. The summed E-state index contributed by atoms with van der Waals surface area (Å²) in [6, 6.07) is 0. The number of aromatic nitrogens is 2. The molecule has 0 bridgehead atoms. The molecule has 6 heteroatoms. The maximum atomic E-state index is 11.9. The molecule has 0 spiro atoms. The number of nitrogens with two attached hydrogens (primary N) is 1. The quantitative estimate of drug-likeness (QED) is 0.730. The van der Waals surface area contributed by atoms with Crippen LogP contribution in [-0.2, 0) is 22.6 Å². The smallest absolute Gasteiger partial charge is 0.359 e. The van der Waals surface area contributed by atoms with Crippen LogP contribution >= 0.6 is 0 Å². The number of aryl methyl sites for hydroxylation is 1. The highest BCUT2D eigenvalue weighted by atomic mass is 16.5. The lowest BCUT2D eigenvalue weighted by Crippen LogP contribution is -2.09. The van der Waals surface area contributed by atoms with Crippen LogP contribution in [-0.4, -0.2) is 29.0 Å². The predicted octanol–water partition coefficient (Wildman–Crippen LogP) is 1.98. The molecule has 0 atom stereocenters. The van der Waals surface area contributed by atoms with E-state index < -0.39 is 5.97 Å². The average molecular weight is 269 g/mol. The van der Waals surface area contributed by atoms with Gasteiger partial charge in [-0.3, -0.25) is 0 Å². The largest absolute Gasteiger partial charge is 0.461 e. The maximum absolute atomic E-state index is 11.9. The van der Waals surface area contributed by atoms with Gasteiger partial charge in [0.2, 0.25) is 0 Å². The van der Waals surface area contributed by atoms with Crippen LogP contribution < -0.4 is 5.73 Å². The fourth-order valence-electron chi connectivity index (χ4n) is 1.70. The molecule has 0 aliphatic rings. The number of carbonyl (C=O) groups excluding carboxylic acids is 1. The summed E-state index contributed by atoms with van der Waals surface area (Å²) in [4.78, 5) is 11.9. The maximum Gasteiger partial charge on any atom is 0.359 e. The van der Waals surface area contributed by atoms with Crippen LogP contribution in [0.3, 0.4) is 0 Å². The molecular formula is C13H23N3O3. The molecule has 0 aliphatic heterocycles. The van der Waals surface area contributed by atoms with Gasteiger partial charge >= 0.3 is 5.97 Å². The number of rotatable bonds is 8. The fourth-order valence-corrected chi connectivity index (χ4v) is 1.70. The van der Waals surface area contributed by atoms with Gasteiger partial charge in [-0.15, -0.1) is 0 Å². The van der Waals surface area contributed by atoms with Gasteiger partial charge < -0.3 is 15.2 Å². The Labute approximate surface area is 113 Å². The van der Waals surface area contributed by atoms with Crippen molar-refractivity contribution in [2.24, 2.45) is 0 Å². The topological polar surface area (TPSA) is 79.4 Å². The molecule has 2 N–H and O–H groups in total. The van der Waals surface area contributed by atoms with E-state index in [1.807, 2.05) is 6.92 Å². The van der Waals surface area contributed by atoms with E-state index in [0.29, 0.717) is 31.1 Å². The Balaban J connectivity index is 3.00. The summed E-state index contributed by atoms with van der Waals surface area (Å²) in [5, 5.41) is 4.26. The highest BCUT2D eigenvalue weighted by Crippen LogP contribution is 2.20. The van der Waals surface area contributed by atoms with Crippen LogP contribution in [0.15, 0.2) is 0 Å². The number of hydrogen-bond donors (Lipinski definition) is 1.